The molecule has 9 heteroatoms. The Labute approximate surface area is 182 Å². The van der Waals surface area contributed by atoms with Gasteiger partial charge in [0.2, 0.25) is 6.86 Å². The van der Waals surface area contributed by atoms with Crippen molar-refractivity contribution in [2.75, 3.05) is 13.4 Å². The summed E-state index contributed by atoms with van der Waals surface area (Å²) in [6, 6.07) is 5.93. The maximum Gasteiger partial charge on any atom is 0.509 e. The average molecular weight is 441 g/mol. The second kappa shape index (κ2) is 9.72. The fraction of sp³-hybridized carbons (Fsp3) is 0.636. The topological polar surface area (TPSA) is 94.5 Å². The molecule has 0 spiro atoms. The van der Waals surface area contributed by atoms with Crippen LogP contribution in [0.5, 0.6) is 5.75 Å². The van der Waals surface area contributed by atoms with Gasteiger partial charge in [-0.1, -0.05) is 12.1 Å². The molecule has 8 nitrogen and oxygen atoms in total. The molecule has 2 rings (SSSR count). The molecule has 1 aromatic rings. The van der Waals surface area contributed by atoms with Gasteiger partial charge in [0.1, 0.15) is 23.1 Å². The Morgan fingerprint density at radius 2 is 1.65 bits per heavy atom. The Bertz CT molecular complexity index is 755. The zero-order valence-corrected chi connectivity index (χ0v) is 18.9. The van der Waals surface area contributed by atoms with Gasteiger partial charge in [-0.25, -0.2) is 14.0 Å². The van der Waals surface area contributed by atoms with Gasteiger partial charge in [-0.05, 0) is 65.7 Å². The third kappa shape index (κ3) is 7.57. The predicted octanol–water partition coefficient (Wildman–Crippen LogP) is 3.84. The summed E-state index contributed by atoms with van der Waals surface area (Å²) in [4.78, 5) is 26.2. The van der Waals surface area contributed by atoms with Crippen molar-refractivity contribution < 1.29 is 38.0 Å². The van der Waals surface area contributed by atoms with Crippen LogP contribution in [-0.2, 0) is 20.6 Å². The molecule has 0 saturated carbocycles. The fourth-order valence-corrected chi connectivity index (χ4v) is 3.16. The van der Waals surface area contributed by atoms with E-state index in [0.29, 0.717) is 5.75 Å². The Kier molecular flexibility index (Phi) is 7.75. The van der Waals surface area contributed by atoms with Crippen molar-refractivity contribution in [3.05, 3.63) is 29.8 Å². The number of hydrogen-bond donors (Lipinski definition) is 1. The molecule has 1 aromatic carbocycles. The molecule has 0 bridgehead atoms. The lowest BCUT2D eigenvalue weighted by Crippen LogP contribution is -2.43. The summed E-state index contributed by atoms with van der Waals surface area (Å²) in [6.45, 7) is 9.35. The molecule has 0 unspecified atom stereocenters. The van der Waals surface area contributed by atoms with Crippen molar-refractivity contribution in [2.24, 2.45) is 0 Å². The van der Waals surface area contributed by atoms with Gasteiger partial charge in [0.05, 0.1) is 12.6 Å². The monoisotopic (exact) mass is 441 g/mol. The Balaban J connectivity index is 2.18. The molecular weight excluding hydrogens is 409 g/mol. The van der Waals surface area contributed by atoms with Crippen LogP contribution in [0.1, 0.15) is 47.1 Å². The number of ether oxygens (including phenoxy) is 4. The van der Waals surface area contributed by atoms with E-state index in [4.69, 9.17) is 18.9 Å². The van der Waals surface area contributed by atoms with E-state index in [-0.39, 0.29) is 13.0 Å². The van der Waals surface area contributed by atoms with Crippen molar-refractivity contribution >= 4 is 12.2 Å². The molecule has 1 heterocycles. The molecule has 0 radical (unpaired) electrons. The van der Waals surface area contributed by atoms with Crippen LogP contribution in [0.25, 0.3) is 0 Å². The SMILES string of the molecule is CC(C)(C)OC(=O)O[C@H]1CN(C(=O)OC(C)(C)C)[C@H](Cc2ccc(OCF)cc2)[C@@H]1O. The lowest BCUT2D eigenvalue weighted by molar-refractivity contribution is -0.0486. The van der Waals surface area contributed by atoms with Crippen molar-refractivity contribution in [1.29, 1.82) is 0 Å². The number of amides is 1. The van der Waals surface area contributed by atoms with Gasteiger partial charge in [0.15, 0.2) is 6.10 Å². The lowest BCUT2D eigenvalue weighted by atomic mass is 10.0. The molecule has 3 atom stereocenters. The minimum Gasteiger partial charge on any atom is -0.463 e. The lowest BCUT2D eigenvalue weighted by Gasteiger charge is -2.29. The van der Waals surface area contributed by atoms with Crippen LogP contribution in [-0.4, -0.2) is 65.1 Å². The highest BCUT2D eigenvalue weighted by molar-refractivity contribution is 5.69. The maximum atomic E-state index is 12.8. The first-order valence-electron chi connectivity index (χ1n) is 10.1. The summed E-state index contributed by atoms with van der Waals surface area (Å²) in [6.07, 6.45) is -3.40. The first kappa shape index (κ1) is 24.7. The second-order valence-electron chi connectivity index (χ2n) is 9.41. The number of nitrogens with zero attached hydrogens (tertiary/aromatic N) is 1. The number of likely N-dealkylation sites (tertiary alicyclic amines) is 1. The number of carbonyl (C=O) groups is 2. The van der Waals surface area contributed by atoms with Crippen LogP contribution in [0.3, 0.4) is 0 Å². The molecule has 174 valence electrons. The number of benzene rings is 1. The zero-order valence-electron chi connectivity index (χ0n) is 18.9. The molecule has 0 aromatic heterocycles. The minimum absolute atomic E-state index is 0.0387. The third-order valence-corrected chi connectivity index (χ3v) is 4.41. The standard InChI is InChI=1S/C22H32FNO7/c1-21(2,3)30-19(26)24-12-17(29-20(27)31-22(4,5)6)18(25)16(24)11-14-7-9-15(10-8-14)28-13-23/h7-10,16-18,25H,11-13H2,1-6H3/t16-,17+,18+/m1/s1. The normalized spacial score (nSPS) is 21.5. The van der Waals surface area contributed by atoms with Crippen LogP contribution >= 0.6 is 0 Å². The van der Waals surface area contributed by atoms with Gasteiger partial charge in [-0.15, -0.1) is 0 Å². The first-order chi connectivity index (χ1) is 14.3. The highest BCUT2D eigenvalue weighted by Crippen LogP contribution is 2.28. The fourth-order valence-electron chi connectivity index (χ4n) is 3.16. The Hall–Kier alpha value is -2.55. The summed E-state index contributed by atoms with van der Waals surface area (Å²) in [5, 5.41) is 10.9. The van der Waals surface area contributed by atoms with E-state index in [2.05, 4.69) is 0 Å². The van der Waals surface area contributed by atoms with Gasteiger partial charge >= 0.3 is 12.2 Å². The van der Waals surface area contributed by atoms with E-state index < -0.39 is 48.6 Å². The van der Waals surface area contributed by atoms with Crippen LogP contribution < -0.4 is 4.74 Å². The van der Waals surface area contributed by atoms with Crippen molar-refractivity contribution in [2.45, 2.75) is 77.4 Å². The van der Waals surface area contributed by atoms with Crippen LogP contribution in [0.15, 0.2) is 24.3 Å². The summed E-state index contributed by atoms with van der Waals surface area (Å²) >= 11 is 0. The Morgan fingerprint density at radius 1 is 1.06 bits per heavy atom. The summed E-state index contributed by atoms with van der Waals surface area (Å²) in [5.41, 5.74) is -0.710. The minimum atomic E-state index is -1.15. The molecule has 1 aliphatic rings. The smallest absolute Gasteiger partial charge is 0.463 e. The average Bonchev–Trinajstić information content (AvgIpc) is 2.90. The van der Waals surface area contributed by atoms with E-state index in [0.717, 1.165) is 5.56 Å². The maximum absolute atomic E-state index is 12.8. The van der Waals surface area contributed by atoms with Crippen molar-refractivity contribution in [1.82, 2.24) is 4.90 Å². The largest absolute Gasteiger partial charge is 0.509 e. The molecule has 1 fully saturated rings. The summed E-state index contributed by atoms with van der Waals surface area (Å²) in [5.74, 6) is 0.369. The molecule has 1 N–H and O–H groups in total. The quantitative estimate of drug-likeness (QED) is 0.694. The van der Waals surface area contributed by atoms with Crippen LogP contribution in [0.2, 0.25) is 0 Å². The third-order valence-electron chi connectivity index (χ3n) is 4.41. The molecule has 31 heavy (non-hydrogen) atoms. The van der Waals surface area contributed by atoms with E-state index >= 15 is 0 Å². The van der Waals surface area contributed by atoms with E-state index in [9.17, 15) is 19.1 Å². The van der Waals surface area contributed by atoms with Crippen LogP contribution in [0, 0.1) is 0 Å². The number of aliphatic hydroxyl groups excluding tert-OH is 1. The van der Waals surface area contributed by atoms with Crippen molar-refractivity contribution in [3.63, 3.8) is 0 Å². The molecule has 1 aliphatic heterocycles. The number of rotatable bonds is 5. The first-order valence-corrected chi connectivity index (χ1v) is 10.1. The van der Waals surface area contributed by atoms with E-state index in [1.807, 2.05) is 0 Å². The number of halogens is 1. The van der Waals surface area contributed by atoms with Gasteiger partial charge in [-0.2, -0.15) is 0 Å². The summed E-state index contributed by atoms with van der Waals surface area (Å²) in [7, 11) is 0. The van der Waals surface area contributed by atoms with E-state index in [1.165, 1.54) is 4.90 Å². The number of hydrogen-bond acceptors (Lipinski definition) is 7. The highest BCUT2D eigenvalue weighted by Gasteiger charge is 2.47. The van der Waals surface area contributed by atoms with Gasteiger partial charge < -0.3 is 24.1 Å². The number of alkyl halides is 1. The zero-order chi connectivity index (χ0) is 23.4. The predicted molar refractivity (Wildman–Crippen MR) is 111 cm³/mol. The number of aliphatic hydroxyl groups is 1. The highest BCUT2D eigenvalue weighted by atomic mass is 19.1. The van der Waals surface area contributed by atoms with Gasteiger partial charge in [-0.3, -0.25) is 4.90 Å². The van der Waals surface area contributed by atoms with Crippen molar-refractivity contribution in [3.8, 4) is 5.75 Å². The number of carbonyl (C=O) groups excluding carboxylic acids is 2. The molecular formula is C22H32FNO7. The van der Waals surface area contributed by atoms with Crippen LogP contribution in [0.4, 0.5) is 14.0 Å². The van der Waals surface area contributed by atoms with Gasteiger partial charge in [0.25, 0.3) is 0 Å². The Morgan fingerprint density at radius 3 is 2.16 bits per heavy atom. The van der Waals surface area contributed by atoms with Gasteiger partial charge in [0, 0.05) is 0 Å². The molecule has 0 aliphatic carbocycles. The molecule has 1 saturated heterocycles. The summed E-state index contributed by atoms with van der Waals surface area (Å²) < 4.78 is 33.0. The van der Waals surface area contributed by atoms with E-state index in [1.54, 1.807) is 65.8 Å². The molecule has 1 amide bonds. The second-order valence-corrected chi connectivity index (χ2v) is 9.41.